The molecule has 0 N–H and O–H groups in total. The van der Waals surface area contributed by atoms with Gasteiger partial charge in [-0.25, -0.2) is 4.39 Å². The summed E-state index contributed by atoms with van der Waals surface area (Å²) in [6, 6.07) is 9.62. The molecule has 0 bridgehead atoms. The zero-order chi connectivity index (χ0) is 9.10. The van der Waals surface area contributed by atoms with Gasteiger partial charge in [0, 0.05) is 0 Å². The Morgan fingerprint density at radius 3 is 3.00 bits per heavy atom. The minimum Gasteiger partial charge on any atom is -0.207 e. The van der Waals surface area contributed by atoms with Gasteiger partial charge in [-0.3, -0.25) is 0 Å². The maximum absolute atomic E-state index is 12.8. The van der Waals surface area contributed by atoms with Crippen LogP contribution in [-0.2, 0) is 6.42 Å². The monoisotopic (exact) mass is 191 g/mol. The summed E-state index contributed by atoms with van der Waals surface area (Å²) in [5, 5.41) is 4.09. The lowest BCUT2D eigenvalue weighted by Crippen LogP contribution is -1.86. The maximum atomic E-state index is 12.8. The lowest BCUT2D eigenvalue weighted by molar-refractivity contribution is 0.626. The first-order chi connectivity index (χ1) is 6.34. The van der Waals surface area contributed by atoms with Gasteiger partial charge >= 0.3 is 0 Å². The van der Waals surface area contributed by atoms with E-state index in [1.54, 1.807) is 17.4 Å². The van der Waals surface area contributed by atoms with E-state index in [1.165, 1.54) is 17.7 Å². The second kappa shape index (κ2) is 3.71. The minimum absolute atomic E-state index is 0.191. The van der Waals surface area contributed by atoms with Crippen molar-refractivity contribution in [1.29, 1.82) is 0 Å². The number of thiophene rings is 1. The first-order valence-electron chi connectivity index (χ1n) is 4.02. The molecule has 0 aliphatic heterocycles. The average molecular weight is 191 g/mol. The Morgan fingerprint density at radius 2 is 2.31 bits per heavy atom. The summed E-state index contributed by atoms with van der Waals surface area (Å²) in [6.07, 6.45) is 0.765. The number of halogens is 1. The van der Waals surface area contributed by atoms with Crippen molar-refractivity contribution in [3.8, 4) is 0 Å². The van der Waals surface area contributed by atoms with Gasteiger partial charge in [0.2, 0.25) is 0 Å². The van der Waals surface area contributed by atoms with Gasteiger partial charge in [-0.1, -0.05) is 6.07 Å². The van der Waals surface area contributed by atoms with E-state index in [9.17, 15) is 4.39 Å². The van der Waals surface area contributed by atoms with E-state index < -0.39 is 0 Å². The van der Waals surface area contributed by atoms with Crippen LogP contribution in [0.15, 0.2) is 35.0 Å². The number of hydrogen-bond acceptors (Lipinski definition) is 1. The van der Waals surface area contributed by atoms with Crippen molar-refractivity contribution in [2.24, 2.45) is 0 Å². The predicted octanol–water partition coefficient (Wildman–Crippen LogP) is 3.28. The molecule has 0 aliphatic rings. The fourth-order valence-corrected chi connectivity index (χ4v) is 1.87. The molecule has 0 saturated heterocycles. The zero-order valence-corrected chi connectivity index (χ0v) is 7.77. The highest BCUT2D eigenvalue weighted by atomic mass is 32.1. The van der Waals surface area contributed by atoms with Crippen molar-refractivity contribution in [1.82, 2.24) is 0 Å². The molecule has 2 rings (SSSR count). The van der Waals surface area contributed by atoms with Crippen LogP contribution in [0.4, 0.5) is 4.39 Å². The second-order valence-electron chi connectivity index (χ2n) is 2.84. The fourth-order valence-electron chi connectivity index (χ4n) is 1.20. The van der Waals surface area contributed by atoms with E-state index in [0.717, 1.165) is 12.0 Å². The summed E-state index contributed by atoms with van der Waals surface area (Å²) in [7, 11) is 0. The molecule has 1 heterocycles. The normalized spacial score (nSPS) is 10.2. The summed E-state index contributed by atoms with van der Waals surface area (Å²) < 4.78 is 12.8. The quantitative estimate of drug-likeness (QED) is 0.683. The third kappa shape index (κ3) is 2.16. The van der Waals surface area contributed by atoms with Crippen LogP contribution in [0.3, 0.4) is 0 Å². The Morgan fingerprint density at radius 1 is 1.38 bits per heavy atom. The topological polar surface area (TPSA) is 0 Å². The van der Waals surface area contributed by atoms with Crippen LogP contribution in [-0.4, -0.2) is 0 Å². The zero-order valence-electron chi connectivity index (χ0n) is 6.96. The Hall–Kier alpha value is -1.15. The molecule has 0 fully saturated rings. The summed E-state index contributed by atoms with van der Waals surface area (Å²) in [4.78, 5) is 0. The van der Waals surface area contributed by atoms with Crippen molar-refractivity contribution < 1.29 is 4.39 Å². The van der Waals surface area contributed by atoms with Crippen molar-refractivity contribution in [3.05, 3.63) is 58.0 Å². The highest BCUT2D eigenvalue weighted by Crippen LogP contribution is 2.12. The molecule has 1 aromatic heterocycles. The van der Waals surface area contributed by atoms with Crippen LogP contribution in [0.5, 0.6) is 0 Å². The molecule has 0 unspecified atom stereocenters. The third-order valence-corrected chi connectivity index (χ3v) is 2.53. The molecular weight excluding hydrogens is 183 g/mol. The molecular formula is C11H8FS. The van der Waals surface area contributed by atoms with Crippen molar-refractivity contribution in [3.63, 3.8) is 0 Å². The van der Waals surface area contributed by atoms with Crippen LogP contribution in [0.1, 0.15) is 11.1 Å². The van der Waals surface area contributed by atoms with E-state index in [4.69, 9.17) is 0 Å². The van der Waals surface area contributed by atoms with Gasteiger partial charge in [0.05, 0.1) is 0 Å². The highest BCUT2D eigenvalue weighted by molar-refractivity contribution is 7.07. The van der Waals surface area contributed by atoms with Gasteiger partial charge in [-0.05, 0) is 52.6 Å². The fraction of sp³-hybridized carbons (Fsp3) is 0.0909. The lowest BCUT2D eigenvalue weighted by atomic mass is 10.1. The van der Waals surface area contributed by atoms with E-state index in [2.05, 4.69) is 11.4 Å². The molecule has 0 nitrogen and oxygen atoms in total. The third-order valence-electron chi connectivity index (χ3n) is 1.80. The average Bonchev–Trinajstić information content (AvgIpc) is 2.57. The molecule has 2 aromatic rings. The van der Waals surface area contributed by atoms with Crippen LogP contribution in [0, 0.1) is 11.9 Å². The number of hydrogen-bond donors (Lipinski definition) is 0. The molecule has 0 saturated carbocycles. The van der Waals surface area contributed by atoms with Crippen LogP contribution >= 0.6 is 11.3 Å². The molecule has 0 atom stereocenters. The van der Waals surface area contributed by atoms with Crippen molar-refractivity contribution in [2.75, 3.05) is 0 Å². The molecule has 2 heteroatoms. The van der Waals surface area contributed by atoms with Gasteiger partial charge < -0.3 is 0 Å². The van der Waals surface area contributed by atoms with E-state index in [1.807, 2.05) is 11.4 Å². The Bertz CT molecular complexity index is 379. The smallest absolute Gasteiger partial charge is 0.123 e. The minimum atomic E-state index is -0.191. The number of benzene rings is 1. The molecule has 0 amide bonds. The SMILES string of the molecule is Fc1cc[c]c(Cc2ccsc2)c1. The number of rotatable bonds is 2. The van der Waals surface area contributed by atoms with Crippen molar-refractivity contribution in [2.45, 2.75) is 6.42 Å². The second-order valence-corrected chi connectivity index (χ2v) is 3.62. The Kier molecular flexibility index (Phi) is 2.41. The largest absolute Gasteiger partial charge is 0.207 e. The molecule has 1 aromatic carbocycles. The van der Waals surface area contributed by atoms with Gasteiger partial charge in [0.25, 0.3) is 0 Å². The van der Waals surface area contributed by atoms with Crippen molar-refractivity contribution >= 4 is 11.3 Å². The molecule has 65 valence electrons. The summed E-state index contributed by atoms with van der Waals surface area (Å²) in [5.41, 5.74) is 2.12. The lowest BCUT2D eigenvalue weighted by Gasteiger charge is -1.97. The molecule has 13 heavy (non-hydrogen) atoms. The first-order valence-corrected chi connectivity index (χ1v) is 4.96. The van der Waals surface area contributed by atoms with Crippen LogP contribution in [0.2, 0.25) is 0 Å². The van der Waals surface area contributed by atoms with Gasteiger partial charge in [0.15, 0.2) is 0 Å². The van der Waals surface area contributed by atoms with E-state index in [0.29, 0.717) is 0 Å². The summed E-state index contributed by atoms with van der Waals surface area (Å²) >= 11 is 1.66. The Balaban J connectivity index is 2.19. The molecule has 1 radical (unpaired) electrons. The molecule has 0 aliphatic carbocycles. The maximum Gasteiger partial charge on any atom is 0.123 e. The standard InChI is InChI=1S/C11H8FS/c12-11-3-1-2-9(7-11)6-10-4-5-13-8-10/h1,3-5,7-8H,6H2. The summed E-state index contributed by atoms with van der Waals surface area (Å²) in [5.74, 6) is -0.191. The van der Waals surface area contributed by atoms with Gasteiger partial charge in [-0.2, -0.15) is 11.3 Å². The Labute approximate surface area is 80.7 Å². The van der Waals surface area contributed by atoms with Gasteiger partial charge in [0.1, 0.15) is 5.82 Å². The highest BCUT2D eigenvalue weighted by Gasteiger charge is 1.97. The predicted molar refractivity (Wildman–Crippen MR) is 52.4 cm³/mol. The van der Waals surface area contributed by atoms with Crippen LogP contribution < -0.4 is 0 Å². The molecule has 0 spiro atoms. The summed E-state index contributed by atoms with van der Waals surface area (Å²) in [6.45, 7) is 0. The van der Waals surface area contributed by atoms with E-state index >= 15 is 0 Å². The van der Waals surface area contributed by atoms with Gasteiger partial charge in [-0.15, -0.1) is 0 Å². The van der Waals surface area contributed by atoms with Crippen LogP contribution in [0.25, 0.3) is 0 Å². The van der Waals surface area contributed by atoms with E-state index in [-0.39, 0.29) is 5.82 Å². The first kappa shape index (κ1) is 8.45.